The number of benzene rings is 1. The van der Waals surface area contributed by atoms with Gasteiger partial charge in [0.2, 0.25) is 11.8 Å². The van der Waals surface area contributed by atoms with E-state index in [1.54, 1.807) is 38.4 Å². The van der Waals surface area contributed by atoms with Gasteiger partial charge in [-0.3, -0.25) is 14.4 Å². The largest absolute Gasteiger partial charge is 0.452 e. The van der Waals surface area contributed by atoms with E-state index in [0.717, 1.165) is 0 Å². The number of rotatable bonds is 8. The van der Waals surface area contributed by atoms with E-state index < -0.39 is 24.4 Å². The summed E-state index contributed by atoms with van der Waals surface area (Å²) in [6, 6.07) is 6.63. The van der Waals surface area contributed by atoms with Crippen molar-refractivity contribution < 1.29 is 23.9 Å². The van der Waals surface area contributed by atoms with Gasteiger partial charge in [-0.25, -0.2) is 4.79 Å². The van der Waals surface area contributed by atoms with Crippen LogP contribution in [0.3, 0.4) is 0 Å². The van der Waals surface area contributed by atoms with Gasteiger partial charge in [0.15, 0.2) is 6.61 Å². The number of primary amides is 1. The fourth-order valence-electron chi connectivity index (χ4n) is 1.48. The molecule has 1 rings (SSSR count). The minimum Gasteiger partial charge on any atom is -0.452 e. The van der Waals surface area contributed by atoms with Crippen molar-refractivity contribution in [3.8, 4) is 0 Å². The average molecular weight is 353 g/mol. The summed E-state index contributed by atoms with van der Waals surface area (Å²) in [5.74, 6) is -1.92. The Bertz CT molecular complexity index is 633. The van der Waals surface area contributed by atoms with Crippen LogP contribution in [0.5, 0.6) is 0 Å². The molecule has 3 amide bonds. The molecule has 24 heavy (non-hydrogen) atoms. The molecule has 130 valence electrons. The summed E-state index contributed by atoms with van der Waals surface area (Å²) in [5.41, 5.74) is 5.15. The maximum atomic E-state index is 12.1. The Morgan fingerprint density at radius 1 is 1.21 bits per heavy atom. The van der Waals surface area contributed by atoms with Crippen molar-refractivity contribution in [3.05, 3.63) is 29.8 Å². The van der Waals surface area contributed by atoms with Crippen LogP contribution in [0, 0.1) is 0 Å². The van der Waals surface area contributed by atoms with Crippen molar-refractivity contribution in [3.63, 3.8) is 0 Å². The maximum Gasteiger partial charge on any atom is 0.339 e. The number of nitrogens with zero attached hydrogens (tertiary/aromatic N) is 1. The van der Waals surface area contributed by atoms with Crippen molar-refractivity contribution in [2.24, 2.45) is 5.73 Å². The number of esters is 1. The smallest absolute Gasteiger partial charge is 0.339 e. The molecule has 8 nitrogen and oxygen atoms in total. The van der Waals surface area contributed by atoms with E-state index in [2.05, 4.69) is 5.32 Å². The maximum absolute atomic E-state index is 12.1. The summed E-state index contributed by atoms with van der Waals surface area (Å²) in [5, 5.41) is 2.21. The van der Waals surface area contributed by atoms with Gasteiger partial charge in [0.05, 0.1) is 17.9 Å². The molecule has 3 N–H and O–H groups in total. The molecular weight excluding hydrogens is 334 g/mol. The summed E-state index contributed by atoms with van der Waals surface area (Å²) in [7, 11) is 3.29. The van der Waals surface area contributed by atoms with E-state index in [9.17, 15) is 19.2 Å². The predicted molar refractivity (Wildman–Crippen MR) is 88.3 cm³/mol. The van der Waals surface area contributed by atoms with Crippen LogP contribution in [0.4, 0.5) is 0 Å². The Hall–Kier alpha value is -2.55. The number of amides is 3. The van der Waals surface area contributed by atoms with Gasteiger partial charge in [-0.2, -0.15) is 0 Å². The van der Waals surface area contributed by atoms with Crippen LogP contribution in [0.25, 0.3) is 0 Å². The third-order valence-corrected chi connectivity index (χ3v) is 3.81. The molecule has 0 saturated carbocycles. The van der Waals surface area contributed by atoms with Crippen LogP contribution in [0.2, 0.25) is 0 Å². The van der Waals surface area contributed by atoms with E-state index in [4.69, 9.17) is 10.5 Å². The minimum absolute atomic E-state index is 0.0889. The van der Waals surface area contributed by atoms with Gasteiger partial charge in [-0.1, -0.05) is 12.1 Å². The van der Waals surface area contributed by atoms with Crippen molar-refractivity contribution in [1.82, 2.24) is 10.2 Å². The molecule has 0 radical (unpaired) electrons. The molecule has 0 aromatic heterocycles. The summed E-state index contributed by atoms with van der Waals surface area (Å²) in [6.07, 6.45) is 0. The molecule has 0 heterocycles. The number of carbonyl (C=O) groups excluding carboxylic acids is 4. The van der Waals surface area contributed by atoms with E-state index >= 15 is 0 Å². The van der Waals surface area contributed by atoms with Gasteiger partial charge in [-0.05, 0) is 12.1 Å². The minimum atomic E-state index is -0.693. The van der Waals surface area contributed by atoms with Crippen molar-refractivity contribution in [2.45, 2.75) is 4.90 Å². The lowest BCUT2D eigenvalue weighted by molar-refractivity contribution is -0.127. The number of nitrogens with one attached hydrogen (secondary N) is 1. The molecule has 0 fully saturated rings. The second-order valence-electron chi connectivity index (χ2n) is 4.89. The Morgan fingerprint density at radius 2 is 1.88 bits per heavy atom. The van der Waals surface area contributed by atoms with Gasteiger partial charge in [-0.15, -0.1) is 11.8 Å². The van der Waals surface area contributed by atoms with Crippen LogP contribution in [-0.4, -0.2) is 61.6 Å². The molecular formula is C15H19N3O5S. The Balaban J connectivity index is 2.62. The number of ether oxygens (including phenoxy) is 1. The zero-order valence-corrected chi connectivity index (χ0v) is 14.2. The first-order valence-corrected chi connectivity index (χ1v) is 7.94. The van der Waals surface area contributed by atoms with Gasteiger partial charge in [0.25, 0.3) is 5.91 Å². The van der Waals surface area contributed by atoms with E-state index in [0.29, 0.717) is 4.90 Å². The molecule has 0 bridgehead atoms. The van der Waals surface area contributed by atoms with E-state index in [-0.39, 0.29) is 23.8 Å². The molecule has 0 unspecified atom stereocenters. The molecule has 0 aliphatic rings. The number of hydrogen-bond donors (Lipinski definition) is 2. The SMILES string of the molecule is CN(C)C(=O)CSc1ccccc1C(=O)OCC(=O)NCC(N)=O. The van der Waals surface area contributed by atoms with E-state index in [1.807, 2.05) is 0 Å². The molecule has 0 spiro atoms. The van der Waals surface area contributed by atoms with Gasteiger partial charge >= 0.3 is 5.97 Å². The molecule has 1 aromatic carbocycles. The van der Waals surface area contributed by atoms with Crippen molar-refractivity contribution in [2.75, 3.05) is 33.0 Å². The average Bonchev–Trinajstić information content (AvgIpc) is 2.55. The number of thioether (sulfide) groups is 1. The molecule has 0 aliphatic carbocycles. The van der Waals surface area contributed by atoms with Crippen LogP contribution < -0.4 is 11.1 Å². The summed E-state index contributed by atoms with van der Waals surface area (Å²) in [4.78, 5) is 47.7. The monoisotopic (exact) mass is 353 g/mol. The molecule has 1 aromatic rings. The predicted octanol–water partition coefficient (Wildman–Crippen LogP) is -0.375. The summed E-state index contributed by atoms with van der Waals surface area (Å²) in [6.45, 7) is -0.850. The third-order valence-electron chi connectivity index (χ3n) is 2.75. The second-order valence-corrected chi connectivity index (χ2v) is 5.91. The van der Waals surface area contributed by atoms with Crippen molar-refractivity contribution >= 4 is 35.5 Å². The normalized spacial score (nSPS) is 9.92. The highest BCUT2D eigenvalue weighted by molar-refractivity contribution is 8.00. The first-order valence-electron chi connectivity index (χ1n) is 6.95. The van der Waals surface area contributed by atoms with Gasteiger partial charge < -0.3 is 20.7 Å². The molecule has 0 saturated heterocycles. The second kappa shape index (κ2) is 9.56. The Morgan fingerprint density at radius 3 is 2.50 bits per heavy atom. The van der Waals surface area contributed by atoms with Crippen LogP contribution in [-0.2, 0) is 19.1 Å². The molecule has 0 aliphatic heterocycles. The highest BCUT2D eigenvalue weighted by Crippen LogP contribution is 2.23. The summed E-state index contributed by atoms with van der Waals surface area (Å²) >= 11 is 1.21. The van der Waals surface area contributed by atoms with E-state index in [1.165, 1.54) is 16.7 Å². The van der Waals surface area contributed by atoms with Gasteiger partial charge in [0, 0.05) is 19.0 Å². The molecule has 0 atom stereocenters. The molecule has 9 heteroatoms. The third kappa shape index (κ3) is 6.69. The first kappa shape index (κ1) is 19.5. The van der Waals surface area contributed by atoms with Crippen LogP contribution in [0.1, 0.15) is 10.4 Å². The van der Waals surface area contributed by atoms with Gasteiger partial charge in [0.1, 0.15) is 0 Å². The first-order chi connectivity index (χ1) is 11.3. The standard InChI is InChI=1S/C15H19N3O5S/c1-18(2)14(21)9-24-11-6-4-3-5-10(11)15(22)23-8-13(20)17-7-12(16)19/h3-6H,7-9H2,1-2H3,(H2,16,19)(H,17,20). The Kier molecular flexibility index (Phi) is 7.76. The topological polar surface area (TPSA) is 119 Å². The highest BCUT2D eigenvalue weighted by Gasteiger charge is 2.16. The quantitative estimate of drug-likeness (QED) is 0.486. The van der Waals surface area contributed by atoms with Crippen LogP contribution >= 0.6 is 11.8 Å². The van der Waals surface area contributed by atoms with Crippen molar-refractivity contribution in [1.29, 1.82) is 0 Å². The highest BCUT2D eigenvalue weighted by atomic mass is 32.2. The summed E-state index contributed by atoms with van der Waals surface area (Å²) < 4.78 is 4.91. The zero-order chi connectivity index (χ0) is 18.1. The number of hydrogen-bond acceptors (Lipinski definition) is 6. The lowest BCUT2D eigenvalue weighted by Crippen LogP contribution is -2.36. The number of carbonyl (C=O) groups is 4. The van der Waals surface area contributed by atoms with Crippen LogP contribution in [0.15, 0.2) is 29.2 Å². The lowest BCUT2D eigenvalue weighted by Gasteiger charge is -2.12. The zero-order valence-electron chi connectivity index (χ0n) is 13.4. The fourth-order valence-corrected chi connectivity index (χ4v) is 2.49. The fraction of sp³-hybridized carbons (Fsp3) is 0.333. The lowest BCUT2D eigenvalue weighted by atomic mass is 10.2. The number of nitrogens with two attached hydrogens (primary N) is 1. The Labute approximate surface area is 143 Å².